The van der Waals surface area contributed by atoms with Gasteiger partial charge < -0.3 is 0 Å². The van der Waals surface area contributed by atoms with Crippen molar-refractivity contribution in [3.8, 4) is 0 Å². The van der Waals surface area contributed by atoms with Crippen LogP contribution in [0.2, 0.25) is 0 Å². The van der Waals surface area contributed by atoms with Gasteiger partial charge in [0.25, 0.3) is 11.0 Å². The van der Waals surface area contributed by atoms with Crippen molar-refractivity contribution in [2.45, 2.75) is 88.0 Å². The second-order valence-corrected chi connectivity index (χ2v) is 13.1. The standard InChI is InChI=1S/C18H26N2O2S.C13H15ClO2.C6H13NS/c1-7-14-9-12(3)10-15(8-2)16(14)17(21)18(22)20(5)19-13(4)11-23-6;1-4-9-6-8(3)7-10(5-2)11(9)12(15)13(14)16;1-4-7-6(2)5-8-3/h9-10H,7-8,11H2,1-6H3;6-7H,4-5H2,1-3H3;4-5H2,1-3H3. The molecule has 0 unspecified atom stereocenters. The number of aryl methyl sites for hydroxylation is 6. The Hall–Kier alpha value is -2.75. The van der Waals surface area contributed by atoms with Crippen molar-refractivity contribution in [1.82, 2.24) is 5.01 Å². The van der Waals surface area contributed by atoms with E-state index in [4.69, 9.17) is 11.6 Å². The number of hydrazone groups is 1. The van der Waals surface area contributed by atoms with Crippen molar-refractivity contribution in [3.63, 3.8) is 0 Å². The number of amides is 1. The molecule has 0 aliphatic rings. The maximum Gasteiger partial charge on any atom is 0.314 e. The monoisotopic (exact) mass is 703 g/mol. The summed E-state index contributed by atoms with van der Waals surface area (Å²) in [5.74, 6) is 0.168. The molecular weight excluding hydrogens is 650 g/mol. The lowest BCUT2D eigenvalue weighted by Crippen LogP contribution is -2.31. The van der Waals surface area contributed by atoms with Crippen LogP contribution in [0.1, 0.15) is 103 Å². The van der Waals surface area contributed by atoms with Gasteiger partial charge >= 0.3 is 5.91 Å². The summed E-state index contributed by atoms with van der Waals surface area (Å²) in [6, 6.07) is 7.85. The normalized spacial score (nSPS) is 11.2. The molecule has 7 nitrogen and oxygen atoms in total. The number of aliphatic imine (C=N–C) groups is 1. The van der Waals surface area contributed by atoms with E-state index in [-0.39, 0.29) is 0 Å². The Balaban J connectivity index is 0.000000761. The molecule has 0 fully saturated rings. The highest BCUT2D eigenvalue weighted by molar-refractivity contribution is 7.99. The second-order valence-electron chi connectivity index (χ2n) is 11.0. The maximum atomic E-state index is 12.7. The van der Waals surface area contributed by atoms with Crippen molar-refractivity contribution >= 4 is 69.3 Å². The predicted octanol–water partition coefficient (Wildman–Crippen LogP) is 8.40. The van der Waals surface area contributed by atoms with Gasteiger partial charge in [-0.05, 0) is 107 Å². The van der Waals surface area contributed by atoms with Gasteiger partial charge in [-0.3, -0.25) is 24.2 Å². The smallest absolute Gasteiger partial charge is 0.294 e. The quantitative estimate of drug-likeness (QED) is 0.0645. The highest BCUT2D eigenvalue weighted by Gasteiger charge is 2.25. The van der Waals surface area contributed by atoms with E-state index < -0.39 is 22.7 Å². The number of thioether (sulfide) groups is 2. The van der Waals surface area contributed by atoms with Crippen LogP contribution in [0, 0.1) is 13.8 Å². The number of likely N-dealkylation sites (N-methyl/N-ethyl adjacent to an activating group) is 1. The summed E-state index contributed by atoms with van der Waals surface area (Å²) in [5.41, 5.74) is 8.99. The number of hydrogen-bond acceptors (Lipinski definition) is 8. The molecular formula is C37H54ClN3O4S2. The van der Waals surface area contributed by atoms with Gasteiger partial charge in [0.2, 0.25) is 5.78 Å². The van der Waals surface area contributed by atoms with Crippen LogP contribution >= 0.6 is 35.1 Å². The molecule has 0 spiro atoms. The number of benzene rings is 2. The predicted molar refractivity (Wildman–Crippen MR) is 206 cm³/mol. The fraction of sp³-hybridized carbons (Fsp3) is 0.514. The zero-order valence-corrected chi connectivity index (χ0v) is 32.8. The van der Waals surface area contributed by atoms with E-state index in [9.17, 15) is 19.2 Å². The Labute approximate surface area is 296 Å². The van der Waals surface area contributed by atoms with E-state index in [0.29, 0.717) is 11.1 Å². The van der Waals surface area contributed by atoms with Crippen LogP contribution in [-0.2, 0) is 35.3 Å². The summed E-state index contributed by atoms with van der Waals surface area (Å²) < 4.78 is 0. The van der Waals surface area contributed by atoms with Crippen molar-refractivity contribution < 1.29 is 19.2 Å². The van der Waals surface area contributed by atoms with Crippen molar-refractivity contribution in [2.24, 2.45) is 10.1 Å². The Bertz CT molecular complexity index is 1390. The molecule has 10 heteroatoms. The van der Waals surface area contributed by atoms with Gasteiger partial charge in [0.05, 0.1) is 0 Å². The minimum atomic E-state index is -0.909. The second kappa shape index (κ2) is 23.6. The molecule has 2 aromatic rings. The van der Waals surface area contributed by atoms with Crippen molar-refractivity contribution in [2.75, 3.05) is 37.6 Å². The lowest BCUT2D eigenvalue weighted by atomic mass is 9.92. The minimum Gasteiger partial charge on any atom is -0.294 e. The largest absolute Gasteiger partial charge is 0.314 e. The lowest BCUT2D eigenvalue weighted by Gasteiger charge is -2.16. The molecule has 47 heavy (non-hydrogen) atoms. The van der Waals surface area contributed by atoms with Crippen molar-refractivity contribution in [3.05, 3.63) is 68.8 Å². The van der Waals surface area contributed by atoms with Crippen molar-refractivity contribution in [1.29, 1.82) is 0 Å². The molecule has 260 valence electrons. The molecule has 0 saturated carbocycles. The molecule has 0 atom stereocenters. The first-order valence-corrected chi connectivity index (χ1v) is 19.2. The number of Topliss-reactive ketones (excluding diaryl/α,β-unsaturated/α-hetero) is 2. The van der Waals surface area contributed by atoms with Gasteiger partial charge in [0, 0.05) is 47.6 Å². The number of nitrogens with zero attached hydrogens (tertiary/aromatic N) is 3. The van der Waals surface area contributed by atoms with Gasteiger partial charge in [-0.25, -0.2) is 5.01 Å². The summed E-state index contributed by atoms with van der Waals surface area (Å²) in [4.78, 5) is 52.1. The van der Waals surface area contributed by atoms with Crippen LogP contribution in [-0.4, -0.2) is 76.8 Å². The van der Waals surface area contributed by atoms with E-state index in [0.717, 1.165) is 87.8 Å². The number of carbonyl (C=O) groups excluding carboxylic acids is 4. The molecule has 1 amide bonds. The van der Waals surface area contributed by atoms with Crippen LogP contribution in [0.4, 0.5) is 0 Å². The summed E-state index contributed by atoms with van der Waals surface area (Å²) in [5, 5.41) is 4.45. The van der Waals surface area contributed by atoms with E-state index in [2.05, 4.69) is 30.2 Å². The third-order valence-electron chi connectivity index (χ3n) is 6.99. The van der Waals surface area contributed by atoms with Gasteiger partial charge in [-0.15, -0.1) is 0 Å². The Morgan fingerprint density at radius 2 is 1.04 bits per heavy atom. The molecule has 0 N–H and O–H groups in total. The summed E-state index contributed by atoms with van der Waals surface area (Å²) in [6.07, 6.45) is 6.96. The van der Waals surface area contributed by atoms with Gasteiger partial charge in [-0.1, -0.05) is 63.1 Å². The highest BCUT2D eigenvalue weighted by Crippen LogP contribution is 2.22. The molecule has 0 aliphatic carbocycles. The molecule has 2 aromatic carbocycles. The van der Waals surface area contributed by atoms with Gasteiger partial charge in [-0.2, -0.15) is 28.6 Å². The molecule has 0 saturated heterocycles. The third-order valence-corrected chi connectivity index (χ3v) is 8.58. The number of halogens is 1. The van der Waals surface area contributed by atoms with E-state index >= 15 is 0 Å². The van der Waals surface area contributed by atoms with E-state index in [1.165, 1.54) is 12.8 Å². The number of hydrogen-bond donors (Lipinski definition) is 0. The molecule has 0 radical (unpaired) electrons. The fourth-order valence-corrected chi connectivity index (χ4v) is 6.08. The third kappa shape index (κ3) is 14.9. The Morgan fingerprint density at radius 3 is 1.36 bits per heavy atom. The highest BCUT2D eigenvalue weighted by atomic mass is 35.5. The number of ketones is 2. The van der Waals surface area contributed by atoms with E-state index in [1.54, 1.807) is 11.8 Å². The zero-order valence-electron chi connectivity index (χ0n) is 30.4. The average molecular weight is 704 g/mol. The first-order valence-electron chi connectivity index (χ1n) is 16.0. The summed E-state index contributed by atoms with van der Waals surface area (Å²) in [6.45, 7) is 18.8. The summed E-state index contributed by atoms with van der Waals surface area (Å²) >= 11 is 8.72. The lowest BCUT2D eigenvalue weighted by molar-refractivity contribution is -0.125. The molecule has 0 bridgehead atoms. The minimum absolute atomic E-state index is 0.470. The molecule has 0 heterocycles. The number of rotatable bonds is 14. The van der Waals surface area contributed by atoms with Gasteiger partial charge in [0.1, 0.15) is 0 Å². The van der Waals surface area contributed by atoms with Gasteiger partial charge in [0.15, 0.2) is 0 Å². The molecule has 0 aliphatic heterocycles. The maximum absolute atomic E-state index is 12.7. The first-order chi connectivity index (χ1) is 22.2. The average Bonchev–Trinajstić information content (AvgIpc) is 3.03. The molecule has 2 rings (SSSR count). The Kier molecular flexibility index (Phi) is 22.2. The topological polar surface area (TPSA) is 96.2 Å². The van der Waals surface area contributed by atoms with Crippen LogP contribution in [0.3, 0.4) is 0 Å². The SMILES string of the molecule is CCN=C(C)CSC.CCc1cc(C)cc(CC)c1C(=O)C(=O)Cl.CCc1cc(C)cc(CC)c1C(=O)C(=O)N(C)N=C(C)CSC. The first kappa shape index (κ1) is 44.2. The fourth-order valence-electron chi connectivity index (χ4n) is 5.00. The number of carbonyl (C=O) groups is 4. The van der Waals surface area contributed by atoms with Crippen LogP contribution in [0.15, 0.2) is 34.4 Å². The van der Waals surface area contributed by atoms with E-state index in [1.807, 2.05) is 90.7 Å². The Morgan fingerprint density at radius 1 is 0.681 bits per heavy atom. The summed E-state index contributed by atoms with van der Waals surface area (Å²) in [7, 11) is 1.54. The van der Waals surface area contributed by atoms with Crippen LogP contribution in [0.25, 0.3) is 0 Å². The zero-order chi connectivity index (χ0) is 36.3. The van der Waals surface area contributed by atoms with Crippen LogP contribution in [0.5, 0.6) is 0 Å². The molecule has 0 aromatic heterocycles. The van der Waals surface area contributed by atoms with Crippen LogP contribution < -0.4 is 0 Å².